The van der Waals surface area contributed by atoms with Gasteiger partial charge in [-0.15, -0.1) is 0 Å². The molecule has 2 nitrogen and oxygen atoms in total. The molecule has 1 aromatic rings. The summed E-state index contributed by atoms with van der Waals surface area (Å²) in [7, 11) is 0. The molecule has 1 fully saturated rings. The first kappa shape index (κ1) is 12.9. The maximum absolute atomic E-state index is 13.2. The van der Waals surface area contributed by atoms with Crippen LogP contribution >= 0.6 is 0 Å². The van der Waals surface area contributed by atoms with Crippen molar-refractivity contribution in [3.8, 4) is 5.75 Å². The number of aliphatic hydroxyl groups excluding tert-OH is 1. The minimum Gasteiger partial charge on any atom is -0.490 e. The lowest BCUT2D eigenvalue weighted by molar-refractivity contribution is 0.0191. The lowest BCUT2D eigenvalue weighted by Gasteiger charge is -2.37. The third kappa shape index (κ3) is 2.62. The number of hydrogen-bond donors (Lipinski definition) is 1. The second-order valence-corrected chi connectivity index (χ2v) is 6.11. The van der Waals surface area contributed by atoms with Crippen LogP contribution in [0, 0.1) is 17.7 Å². The summed E-state index contributed by atoms with van der Waals surface area (Å²) in [6, 6.07) is 4.43. The second-order valence-electron chi connectivity index (χ2n) is 6.11. The fourth-order valence-electron chi connectivity index (χ4n) is 3.39. The predicted molar refractivity (Wildman–Crippen MR) is 71.5 cm³/mol. The third-order valence-corrected chi connectivity index (χ3v) is 4.65. The standard InChI is InChI=1S/C16H21FO2/c1-10-2-4-11(5-3-10)16-9-14(18)13-8-12(17)6-7-15(13)19-16/h6-8,10-11,14,16,18H,2-5,9H2,1H3/t10?,11?,14-,16?/m1/s1. The van der Waals surface area contributed by atoms with Crippen LogP contribution in [0.25, 0.3) is 0 Å². The minimum atomic E-state index is -0.594. The summed E-state index contributed by atoms with van der Waals surface area (Å²) >= 11 is 0. The molecule has 19 heavy (non-hydrogen) atoms. The summed E-state index contributed by atoms with van der Waals surface area (Å²) in [5.74, 6) is 1.69. The fraction of sp³-hybridized carbons (Fsp3) is 0.625. The van der Waals surface area contributed by atoms with Gasteiger partial charge in [0, 0.05) is 12.0 Å². The highest BCUT2D eigenvalue weighted by atomic mass is 19.1. The highest BCUT2D eigenvalue weighted by Crippen LogP contribution is 2.41. The zero-order valence-electron chi connectivity index (χ0n) is 11.3. The van der Waals surface area contributed by atoms with E-state index in [-0.39, 0.29) is 11.9 Å². The minimum absolute atomic E-state index is 0.0838. The quantitative estimate of drug-likeness (QED) is 0.835. The molecule has 1 aliphatic carbocycles. The third-order valence-electron chi connectivity index (χ3n) is 4.65. The number of fused-ring (bicyclic) bond motifs is 1. The van der Waals surface area contributed by atoms with Crippen molar-refractivity contribution in [2.75, 3.05) is 0 Å². The van der Waals surface area contributed by atoms with Gasteiger partial charge in [0.25, 0.3) is 0 Å². The Labute approximate surface area is 113 Å². The Morgan fingerprint density at radius 2 is 1.95 bits per heavy atom. The smallest absolute Gasteiger partial charge is 0.125 e. The van der Waals surface area contributed by atoms with Gasteiger partial charge in [0.2, 0.25) is 0 Å². The predicted octanol–water partition coefficient (Wildman–Crippen LogP) is 3.84. The molecule has 1 N–H and O–H groups in total. The summed E-state index contributed by atoms with van der Waals surface area (Å²) in [4.78, 5) is 0. The lowest BCUT2D eigenvalue weighted by atomic mass is 9.78. The lowest BCUT2D eigenvalue weighted by Crippen LogP contribution is -2.34. The van der Waals surface area contributed by atoms with Gasteiger partial charge in [0.05, 0.1) is 6.10 Å². The van der Waals surface area contributed by atoms with Crippen molar-refractivity contribution in [1.29, 1.82) is 0 Å². The number of benzene rings is 1. The van der Waals surface area contributed by atoms with Crippen molar-refractivity contribution >= 4 is 0 Å². The van der Waals surface area contributed by atoms with Crippen LogP contribution in [0.4, 0.5) is 4.39 Å². The SMILES string of the molecule is CC1CCC(C2C[C@@H](O)c3cc(F)ccc3O2)CC1. The average molecular weight is 264 g/mol. The topological polar surface area (TPSA) is 29.5 Å². The Bertz CT molecular complexity index is 452. The molecule has 3 rings (SSSR count). The van der Waals surface area contributed by atoms with E-state index in [4.69, 9.17) is 4.74 Å². The number of hydrogen-bond acceptors (Lipinski definition) is 2. The Hall–Kier alpha value is -1.09. The normalized spacial score (nSPS) is 34.5. The first-order valence-electron chi connectivity index (χ1n) is 7.27. The Morgan fingerprint density at radius 3 is 2.68 bits per heavy atom. The van der Waals surface area contributed by atoms with Gasteiger partial charge in [-0.2, -0.15) is 0 Å². The van der Waals surface area contributed by atoms with Crippen molar-refractivity contribution in [1.82, 2.24) is 0 Å². The molecule has 0 spiro atoms. The van der Waals surface area contributed by atoms with Gasteiger partial charge in [-0.25, -0.2) is 4.39 Å². The van der Waals surface area contributed by atoms with E-state index in [9.17, 15) is 9.50 Å². The van der Waals surface area contributed by atoms with Crippen LogP contribution in [0.1, 0.15) is 50.7 Å². The highest BCUT2D eigenvalue weighted by molar-refractivity contribution is 5.37. The molecule has 1 aliphatic heterocycles. The first-order chi connectivity index (χ1) is 9.13. The van der Waals surface area contributed by atoms with Gasteiger partial charge in [-0.3, -0.25) is 0 Å². The molecule has 0 radical (unpaired) electrons. The molecule has 3 heteroatoms. The highest BCUT2D eigenvalue weighted by Gasteiger charge is 2.34. The largest absolute Gasteiger partial charge is 0.490 e. The first-order valence-corrected chi connectivity index (χ1v) is 7.27. The molecule has 0 saturated heterocycles. The maximum atomic E-state index is 13.2. The summed E-state index contributed by atoms with van der Waals surface area (Å²) in [5.41, 5.74) is 0.598. The average Bonchev–Trinajstić information content (AvgIpc) is 2.40. The van der Waals surface area contributed by atoms with E-state index in [0.29, 0.717) is 23.7 Å². The second kappa shape index (κ2) is 5.12. The van der Waals surface area contributed by atoms with Crippen LogP contribution < -0.4 is 4.74 Å². The molecule has 1 saturated carbocycles. The van der Waals surface area contributed by atoms with E-state index in [1.54, 1.807) is 6.07 Å². The van der Waals surface area contributed by atoms with Crippen LogP contribution in [-0.2, 0) is 0 Å². The van der Waals surface area contributed by atoms with Crippen LogP contribution in [0.3, 0.4) is 0 Å². The van der Waals surface area contributed by atoms with Crippen LogP contribution in [0.15, 0.2) is 18.2 Å². The van der Waals surface area contributed by atoms with Crippen molar-refractivity contribution < 1.29 is 14.2 Å². The zero-order valence-corrected chi connectivity index (χ0v) is 11.3. The molecular weight excluding hydrogens is 243 g/mol. The van der Waals surface area contributed by atoms with Gasteiger partial charge >= 0.3 is 0 Å². The summed E-state index contributed by atoms with van der Waals surface area (Å²) in [6.07, 6.45) is 4.93. The van der Waals surface area contributed by atoms with Gasteiger partial charge in [-0.1, -0.05) is 19.8 Å². The summed E-state index contributed by atoms with van der Waals surface area (Å²) < 4.78 is 19.2. The van der Waals surface area contributed by atoms with Gasteiger partial charge in [-0.05, 0) is 42.9 Å². The zero-order chi connectivity index (χ0) is 13.4. The molecule has 0 amide bonds. The summed E-state index contributed by atoms with van der Waals surface area (Å²) in [5, 5.41) is 10.2. The van der Waals surface area contributed by atoms with Gasteiger partial charge in [0.15, 0.2) is 0 Å². The van der Waals surface area contributed by atoms with E-state index < -0.39 is 6.10 Å². The van der Waals surface area contributed by atoms with Crippen LogP contribution in [-0.4, -0.2) is 11.2 Å². The van der Waals surface area contributed by atoms with Crippen molar-refractivity contribution in [3.05, 3.63) is 29.6 Å². The van der Waals surface area contributed by atoms with E-state index >= 15 is 0 Å². The Balaban J connectivity index is 1.75. The fourth-order valence-corrected chi connectivity index (χ4v) is 3.39. The molecular formula is C16H21FO2. The van der Waals surface area contributed by atoms with Crippen molar-refractivity contribution in [3.63, 3.8) is 0 Å². The Morgan fingerprint density at radius 1 is 1.21 bits per heavy atom. The molecule has 104 valence electrons. The molecule has 2 atom stereocenters. The van der Waals surface area contributed by atoms with Gasteiger partial charge < -0.3 is 9.84 Å². The molecule has 0 aromatic heterocycles. The van der Waals surface area contributed by atoms with E-state index in [0.717, 1.165) is 5.92 Å². The number of rotatable bonds is 1. The van der Waals surface area contributed by atoms with Crippen molar-refractivity contribution in [2.45, 2.75) is 51.2 Å². The molecule has 1 unspecified atom stereocenters. The number of ether oxygens (including phenoxy) is 1. The van der Waals surface area contributed by atoms with Crippen LogP contribution in [0.2, 0.25) is 0 Å². The number of halogens is 1. The monoisotopic (exact) mass is 264 g/mol. The molecule has 1 aromatic carbocycles. The van der Waals surface area contributed by atoms with Crippen LogP contribution in [0.5, 0.6) is 5.75 Å². The maximum Gasteiger partial charge on any atom is 0.125 e. The van der Waals surface area contributed by atoms with Gasteiger partial charge in [0.1, 0.15) is 17.7 Å². The van der Waals surface area contributed by atoms with Crippen molar-refractivity contribution in [2.24, 2.45) is 11.8 Å². The van der Waals surface area contributed by atoms with E-state index in [1.165, 1.54) is 37.8 Å². The molecule has 0 bridgehead atoms. The Kier molecular flexibility index (Phi) is 3.48. The van der Waals surface area contributed by atoms with E-state index in [1.807, 2.05) is 0 Å². The molecule has 2 aliphatic rings. The summed E-state index contributed by atoms with van der Waals surface area (Å²) in [6.45, 7) is 2.30. The molecule has 1 heterocycles. The number of aliphatic hydroxyl groups is 1. The van der Waals surface area contributed by atoms with E-state index in [2.05, 4.69) is 6.92 Å².